The Hall–Kier alpha value is -0.580. The monoisotopic (exact) mass is 218 g/mol. The highest BCUT2D eigenvalue weighted by molar-refractivity contribution is 7.93. The van der Waals surface area contributed by atoms with Crippen molar-refractivity contribution in [2.24, 2.45) is 5.92 Å². The van der Waals surface area contributed by atoms with Crippen LogP contribution in [0.3, 0.4) is 0 Å². The molecule has 2 bridgehead atoms. The summed E-state index contributed by atoms with van der Waals surface area (Å²) in [6, 6.07) is 0. The summed E-state index contributed by atoms with van der Waals surface area (Å²) < 4.78 is 27.6. The van der Waals surface area contributed by atoms with Crippen LogP contribution in [0.1, 0.15) is 25.7 Å². The number of esters is 1. The first-order valence-electron chi connectivity index (χ1n) is 4.78. The molecule has 14 heavy (non-hydrogen) atoms. The van der Waals surface area contributed by atoms with Gasteiger partial charge in [0.15, 0.2) is 9.84 Å². The van der Waals surface area contributed by atoms with Crippen LogP contribution < -0.4 is 0 Å². The van der Waals surface area contributed by atoms with Crippen molar-refractivity contribution in [3.8, 4) is 0 Å². The second kappa shape index (κ2) is 2.95. The van der Waals surface area contributed by atoms with E-state index in [1.807, 2.05) is 0 Å². The van der Waals surface area contributed by atoms with E-state index in [0.717, 1.165) is 19.3 Å². The maximum atomic E-state index is 11.8. The summed E-state index contributed by atoms with van der Waals surface area (Å²) in [4.78, 5) is 10.8. The summed E-state index contributed by atoms with van der Waals surface area (Å²) in [5.41, 5.74) is 0. The zero-order chi connectivity index (χ0) is 10.4. The van der Waals surface area contributed by atoms with Crippen LogP contribution in [0, 0.1) is 5.92 Å². The van der Waals surface area contributed by atoms with E-state index >= 15 is 0 Å². The van der Waals surface area contributed by atoms with E-state index in [0.29, 0.717) is 5.92 Å². The van der Waals surface area contributed by atoms with E-state index in [-0.39, 0.29) is 12.2 Å². The molecule has 0 radical (unpaired) electrons. The molecule has 5 heteroatoms. The van der Waals surface area contributed by atoms with Gasteiger partial charge in [-0.2, -0.15) is 0 Å². The summed E-state index contributed by atoms with van der Waals surface area (Å²) >= 11 is 0. The molecule has 0 heterocycles. The zero-order valence-corrected chi connectivity index (χ0v) is 8.97. The van der Waals surface area contributed by atoms with E-state index in [1.165, 1.54) is 7.11 Å². The fraction of sp³-hybridized carbons (Fsp3) is 0.889. The zero-order valence-electron chi connectivity index (χ0n) is 8.15. The molecule has 0 N–H and O–H groups in total. The fourth-order valence-corrected chi connectivity index (χ4v) is 4.65. The average Bonchev–Trinajstić information content (AvgIpc) is 1.93. The van der Waals surface area contributed by atoms with Gasteiger partial charge in [-0.15, -0.1) is 0 Å². The van der Waals surface area contributed by atoms with Crippen molar-refractivity contribution in [2.45, 2.75) is 30.4 Å². The third-order valence-corrected chi connectivity index (χ3v) is 6.01. The van der Waals surface area contributed by atoms with E-state index in [2.05, 4.69) is 4.74 Å². The number of methoxy groups -OCH3 is 1. The number of sulfone groups is 1. The number of rotatable bonds is 4. The van der Waals surface area contributed by atoms with Gasteiger partial charge in [-0.3, -0.25) is 4.79 Å². The number of carbonyl (C=O) groups is 1. The first-order chi connectivity index (χ1) is 6.49. The molecule has 3 aliphatic rings. The summed E-state index contributed by atoms with van der Waals surface area (Å²) in [5, 5.41) is 0. The minimum Gasteiger partial charge on any atom is -0.469 e. The van der Waals surface area contributed by atoms with Gasteiger partial charge in [-0.25, -0.2) is 8.42 Å². The molecule has 0 atom stereocenters. The van der Waals surface area contributed by atoms with Crippen LogP contribution in [0.5, 0.6) is 0 Å². The minimum absolute atomic E-state index is 0.00868. The highest BCUT2D eigenvalue weighted by Gasteiger charge is 2.64. The summed E-state index contributed by atoms with van der Waals surface area (Å²) in [5.74, 6) is 0.148. The van der Waals surface area contributed by atoms with E-state index in [4.69, 9.17) is 0 Å². The van der Waals surface area contributed by atoms with Crippen LogP contribution in [0.15, 0.2) is 0 Å². The van der Waals surface area contributed by atoms with Crippen molar-refractivity contribution in [1.82, 2.24) is 0 Å². The molecule has 0 aromatic heterocycles. The van der Waals surface area contributed by atoms with Gasteiger partial charge in [-0.05, 0) is 25.2 Å². The third kappa shape index (κ3) is 1.26. The smallest absolute Gasteiger partial charge is 0.306 e. The van der Waals surface area contributed by atoms with E-state index < -0.39 is 20.6 Å². The summed E-state index contributed by atoms with van der Waals surface area (Å²) in [6.07, 6.45) is 2.44. The molecule has 3 aliphatic carbocycles. The van der Waals surface area contributed by atoms with Crippen LogP contribution >= 0.6 is 0 Å². The quantitative estimate of drug-likeness (QED) is 0.645. The molecule has 0 aromatic rings. The molecule has 0 saturated heterocycles. The van der Waals surface area contributed by atoms with E-state index in [1.54, 1.807) is 0 Å². The maximum Gasteiger partial charge on any atom is 0.306 e. The van der Waals surface area contributed by atoms with Crippen LogP contribution in [0.25, 0.3) is 0 Å². The van der Waals surface area contributed by atoms with Gasteiger partial charge < -0.3 is 4.74 Å². The second-order valence-electron chi connectivity index (χ2n) is 4.31. The Bertz CT molecular complexity index is 340. The van der Waals surface area contributed by atoms with Gasteiger partial charge in [0.2, 0.25) is 0 Å². The molecule has 4 nitrogen and oxygen atoms in total. The number of ether oxygens (including phenoxy) is 1. The van der Waals surface area contributed by atoms with Crippen molar-refractivity contribution in [2.75, 3.05) is 12.9 Å². The minimum atomic E-state index is -3.06. The van der Waals surface area contributed by atoms with Gasteiger partial charge in [0, 0.05) is 0 Å². The second-order valence-corrected chi connectivity index (χ2v) is 6.81. The topological polar surface area (TPSA) is 60.4 Å². The largest absolute Gasteiger partial charge is 0.469 e. The Morgan fingerprint density at radius 3 is 2.36 bits per heavy atom. The lowest BCUT2D eigenvalue weighted by atomic mass is 9.55. The van der Waals surface area contributed by atoms with Gasteiger partial charge in [0.05, 0.1) is 24.0 Å². The molecule has 0 unspecified atom stereocenters. The van der Waals surface area contributed by atoms with Crippen molar-refractivity contribution in [3.05, 3.63) is 0 Å². The molecule has 80 valence electrons. The molecule has 3 saturated carbocycles. The Morgan fingerprint density at radius 2 is 2.00 bits per heavy atom. The number of hydrogen-bond donors (Lipinski definition) is 0. The number of carbonyl (C=O) groups excluding carboxylic acids is 1. The normalized spacial score (nSPS) is 34.2. The molecule has 3 fully saturated rings. The van der Waals surface area contributed by atoms with Crippen molar-refractivity contribution in [1.29, 1.82) is 0 Å². The van der Waals surface area contributed by atoms with E-state index in [9.17, 15) is 13.2 Å². The predicted molar refractivity (Wildman–Crippen MR) is 50.5 cm³/mol. The maximum absolute atomic E-state index is 11.8. The van der Waals surface area contributed by atoms with Crippen LogP contribution in [-0.2, 0) is 19.4 Å². The van der Waals surface area contributed by atoms with Crippen LogP contribution in [0.2, 0.25) is 0 Å². The average molecular weight is 218 g/mol. The SMILES string of the molecule is COC(=O)CCS(=O)(=O)C12CC(C1)C2. The first-order valence-corrected chi connectivity index (χ1v) is 6.43. The fourth-order valence-electron chi connectivity index (χ4n) is 2.32. The van der Waals surface area contributed by atoms with Gasteiger partial charge in [0.1, 0.15) is 0 Å². The first kappa shape index (κ1) is 9.96. The molecular formula is C9H14O4S. The standard InChI is InChI=1S/C9H14O4S/c1-13-8(10)2-3-14(11,12)9-4-7(5-9)6-9/h7H,2-6H2,1H3. The summed E-state index contributed by atoms with van der Waals surface area (Å²) in [6.45, 7) is 0. The van der Waals surface area contributed by atoms with Gasteiger partial charge >= 0.3 is 5.97 Å². The Kier molecular flexibility index (Phi) is 2.10. The van der Waals surface area contributed by atoms with Crippen molar-refractivity contribution in [3.63, 3.8) is 0 Å². The van der Waals surface area contributed by atoms with Crippen LogP contribution in [0.4, 0.5) is 0 Å². The summed E-state index contributed by atoms with van der Waals surface area (Å²) in [7, 11) is -1.79. The molecular weight excluding hydrogens is 204 g/mol. The lowest BCUT2D eigenvalue weighted by molar-refractivity contribution is -0.140. The highest BCUT2D eigenvalue weighted by atomic mass is 32.2. The molecule has 0 amide bonds. The highest BCUT2D eigenvalue weighted by Crippen LogP contribution is 2.62. The van der Waals surface area contributed by atoms with Crippen molar-refractivity contribution >= 4 is 15.8 Å². The van der Waals surface area contributed by atoms with Gasteiger partial charge in [-0.1, -0.05) is 0 Å². The molecule has 3 rings (SSSR count). The Balaban J connectivity index is 1.93. The lowest BCUT2D eigenvalue weighted by Gasteiger charge is -2.60. The molecule has 0 aliphatic heterocycles. The Labute approximate surface area is 83.5 Å². The van der Waals surface area contributed by atoms with Crippen LogP contribution in [-0.4, -0.2) is 32.0 Å². The van der Waals surface area contributed by atoms with Gasteiger partial charge in [0.25, 0.3) is 0 Å². The molecule has 0 aromatic carbocycles. The Morgan fingerprint density at radius 1 is 1.43 bits per heavy atom. The number of hydrogen-bond acceptors (Lipinski definition) is 4. The lowest BCUT2D eigenvalue weighted by Crippen LogP contribution is -2.63. The third-order valence-electron chi connectivity index (χ3n) is 3.44. The van der Waals surface area contributed by atoms with Crippen molar-refractivity contribution < 1.29 is 17.9 Å². The molecule has 0 spiro atoms. The predicted octanol–water partition coefficient (Wildman–Crippen LogP) is 0.517.